The van der Waals surface area contributed by atoms with Gasteiger partial charge in [-0.2, -0.15) is 0 Å². The number of piperidine rings is 1. The Kier molecular flexibility index (Phi) is 5.64. The second kappa shape index (κ2) is 7.25. The summed E-state index contributed by atoms with van der Waals surface area (Å²) in [6, 6.07) is 0. The molecule has 18 heavy (non-hydrogen) atoms. The molecule has 2 aliphatic rings. The van der Waals surface area contributed by atoms with Gasteiger partial charge in [-0.05, 0) is 57.0 Å². The normalized spacial score (nSPS) is 30.3. The topological polar surface area (TPSA) is 38.3 Å². The number of ketones is 1. The molecule has 0 bridgehead atoms. The smallest absolute Gasteiger partial charge is 0.133 e. The highest BCUT2D eigenvalue weighted by Gasteiger charge is 2.23. The van der Waals surface area contributed by atoms with E-state index in [4.69, 9.17) is 4.74 Å². The molecule has 104 valence electrons. The van der Waals surface area contributed by atoms with Gasteiger partial charge >= 0.3 is 0 Å². The summed E-state index contributed by atoms with van der Waals surface area (Å²) < 4.78 is 5.56. The van der Waals surface area contributed by atoms with E-state index in [1.807, 2.05) is 0 Å². The second-order valence-electron chi connectivity index (χ2n) is 6.00. The van der Waals surface area contributed by atoms with Gasteiger partial charge in [0.15, 0.2) is 0 Å². The number of hydrogen-bond donors (Lipinski definition) is 1. The van der Waals surface area contributed by atoms with Gasteiger partial charge in [-0.25, -0.2) is 0 Å². The van der Waals surface area contributed by atoms with Gasteiger partial charge in [0.25, 0.3) is 0 Å². The molecule has 2 aliphatic heterocycles. The minimum absolute atomic E-state index is 0.362. The van der Waals surface area contributed by atoms with Crippen molar-refractivity contribution in [3.05, 3.63) is 0 Å². The molecule has 0 aliphatic carbocycles. The number of rotatable bonds is 6. The Labute approximate surface area is 111 Å². The minimum Gasteiger partial charge on any atom is -0.378 e. The quantitative estimate of drug-likeness (QED) is 0.790. The zero-order valence-electron chi connectivity index (χ0n) is 11.6. The Morgan fingerprint density at radius 1 is 1.39 bits per heavy atom. The van der Waals surface area contributed by atoms with Crippen molar-refractivity contribution in [2.45, 2.75) is 58.0 Å². The van der Waals surface area contributed by atoms with Crippen LogP contribution in [0, 0.1) is 11.8 Å². The average molecular weight is 253 g/mol. The van der Waals surface area contributed by atoms with Crippen molar-refractivity contribution in [3.63, 3.8) is 0 Å². The van der Waals surface area contributed by atoms with E-state index in [1.165, 1.54) is 19.3 Å². The molecule has 0 spiro atoms. The lowest BCUT2D eigenvalue weighted by atomic mass is 9.84. The van der Waals surface area contributed by atoms with E-state index in [2.05, 4.69) is 12.2 Å². The second-order valence-corrected chi connectivity index (χ2v) is 6.00. The van der Waals surface area contributed by atoms with E-state index in [-0.39, 0.29) is 0 Å². The largest absolute Gasteiger partial charge is 0.378 e. The standard InChI is InChI=1S/C15H27NO2/c1-12(13-4-2-8-16-11-13)10-14(17)6-7-15-5-3-9-18-15/h12-13,15-16H,2-11H2,1H3. The van der Waals surface area contributed by atoms with E-state index in [9.17, 15) is 4.79 Å². The van der Waals surface area contributed by atoms with Gasteiger partial charge in [-0.15, -0.1) is 0 Å². The van der Waals surface area contributed by atoms with E-state index >= 15 is 0 Å². The van der Waals surface area contributed by atoms with Crippen LogP contribution in [0.2, 0.25) is 0 Å². The summed E-state index contributed by atoms with van der Waals surface area (Å²) in [5.41, 5.74) is 0. The first kappa shape index (κ1) is 14.0. The van der Waals surface area contributed by atoms with Crippen LogP contribution in [0.4, 0.5) is 0 Å². The Hall–Kier alpha value is -0.410. The molecule has 0 radical (unpaired) electrons. The van der Waals surface area contributed by atoms with Gasteiger partial charge in [0.1, 0.15) is 5.78 Å². The Morgan fingerprint density at radius 3 is 2.94 bits per heavy atom. The van der Waals surface area contributed by atoms with Crippen LogP contribution in [0.3, 0.4) is 0 Å². The fraction of sp³-hybridized carbons (Fsp3) is 0.933. The average Bonchev–Trinajstić information content (AvgIpc) is 2.90. The fourth-order valence-corrected chi connectivity index (χ4v) is 3.19. The highest BCUT2D eigenvalue weighted by molar-refractivity contribution is 5.78. The van der Waals surface area contributed by atoms with Gasteiger partial charge in [0, 0.05) is 19.4 Å². The molecule has 2 saturated heterocycles. The Morgan fingerprint density at radius 2 is 2.28 bits per heavy atom. The number of ether oxygens (including phenoxy) is 1. The molecule has 2 heterocycles. The van der Waals surface area contributed by atoms with Crippen LogP contribution in [0.5, 0.6) is 0 Å². The van der Waals surface area contributed by atoms with Crippen LogP contribution in [0.15, 0.2) is 0 Å². The number of Topliss-reactive ketones (excluding diaryl/α,β-unsaturated/α-hetero) is 1. The van der Waals surface area contributed by atoms with Crippen molar-refractivity contribution in [1.29, 1.82) is 0 Å². The molecule has 3 nitrogen and oxygen atoms in total. The van der Waals surface area contributed by atoms with Crippen LogP contribution in [0.1, 0.15) is 51.9 Å². The zero-order chi connectivity index (χ0) is 12.8. The number of carbonyl (C=O) groups excluding carboxylic acids is 1. The van der Waals surface area contributed by atoms with E-state index in [1.54, 1.807) is 0 Å². The maximum atomic E-state index is 12.0. The summed E-state index contributed by atoms with van der Waals surface area (Å²) in [5, 5.41) is 3.43. The molecular weight excluding hydrogens is 226 g/mol. The van der Waals surface area contributed by atoms with Crippen molar-refractivity contribution in [2.24, 2.45) is 11.8 Å². The molecule has 3 heteroatoms. The third-order valence-corrected chi connectivity index (χ3v) is 4.46. The van der Waals surface area contributed by atoms with Crippen molar-refractivity contribution in [1.82, 2.24) is 5.32 Å². The first-order chi connectivity index (χ1) is 8.75. The van der Waals surface area contributed by atoms with E-state index in [0.717, 1.165) is 45.4 Å². The number of carbonyl (C=O) groups is 1. The molecule has 2 fully saturated rings. The Balaban J connectivity index is 1.62. The predicted octanol–water partition coefficient (Wildman–Crippen LogP) is 2.54. The maximum Gasteiger partial charge on any atom is 0.133 e. The van der Waals surface area contributed by atoms with E-state index < -0.39 is 0 Å². The van der Waals surface area contributed by atoms with Crippen molar-refractivity contribution in [3.8, 4) is 0 Å². The summed E-state index contributed by atoms with van der Waals surface area (Å²) in [6.45, 7) is 5.38. The minimum atomic E-state index is 0.362. The summed E-state index contributed by atoms with van der Waals surface area (Å²) in [7, 11) is 0. The monoisotopic (exact) mass is 253 g/mol. The molecule has 0 saturated carbocycles. The van der Waals surface area contributed by atoms with Gasteiger partial charge in [0.05, 0.1) is 6.10 Å². The maximum absolute atomic E-state index is 12.0. The summed E-state index contributed by atoms with van der Waals surface area (Å²) in [6.07, 6.45) is 7.65. The first-order valence-electron chi connectivity index (χ1n) is 7.59. The molecule has 0 aromatic heterocycles. The van der Waals surface area contributed by atoms with Crippen LogP contribution in [-0.2, 0) is 9.53 Å². The number of hydrogen-bond acceptors (Lipinski definition) is 3. The summed E-state index contributed by atoms with van der Waals surface area (Å²) in [4.78, 5) is 12.0. The lowest BCUT2D eigenvalue weighted by Gasteiger charge is -2.28. The lowest BCUT2D eigenvalue weighted by Crippen LogP contribution is -2.34. The van der Waals surface area contributed by atoms with Crippen molar-refractivity contribution < 1.29 is 9.53 Å². The molecular formula is C15H27NO2. The molecule has 3 atom stereocenters. The molecule has 1 N–H and O–H groups in total. The molecule has 0 aromatic carbocycles. The molecule has 0 aromatic rings. The Bertz CT molecular complexity index is 255. The zero-order valence-corrected chi connectivity index (χ0v) is 11.6. The van der Waals surface area contributed by atoms with Crippen molar-refractivity contribution >= 4 is 5.78 Å². The third kappa shape index (κ3) is 4.36. The highest BCUT2D eigenvalue weighted by atomic mass is 16.5. The molecule has 3 unspecified atom stereocenters. The van der Waals surface area contributed by atoms with Gasteiger partial charge in [0.2, 0.25) is 0 Å². The summed E-state index contributed by atoms with van der Waals surface area (Å²) in [5.74, 6) is 1.67. The highest BCUT2D eigenvalue weighted by Crippen LogP contribution is 2.24. The molecule has 0 amide bonds. The molecule has 2 rings (SSSR count). The van der Waals surface area contributed by atoms with Crippen LogP contribution in [-0.4, -0.2) is 31.6 Å². The number of nitrogens with one attached hydrogen (secondary N) is 1. The van der Waals surface area contributed by atoms with Crippen molar-refractivity contribution in [2.75, 3.05) is 19.7 Å². The van der Waals surface area contributed by atoms with Crippen LogP contribution >= 0.6 is 0 Å². The van der Waals surface area contributed by atoms with Crippen LogP contribution in [0.25, 0.3) is 0 Å². The van der Waals surface area contributed by atoms with Gasteiger partial charge in [-0.1, -0.05) is 6.92 Å². The first-order valence-corrected chi connectivity index (χ1v) is 7.59. The SMILES string of the molecule is CC(CC(=O)CCC1CCCO1)C1CCCNC1. The lowest BCUT2D eigenvalue weighted by molar-refractivity contribution is -0.120. The van der Waals surface area contributed by atoms with Gasteiger partial charge < -0.3 is 10.1 Å². The van der Waals surface area contributed by atoms with E-state index in [0.29, 0.717) is 23.7 Å². The fourth-order valence-electron chi connectivity index (χ4n) is 3.19. The van der Waals surface area contributed by atoms with Crippen LogP contribution < -0.4 is 5.32 Å². The van der Waals surface area contributed by atoms with Gasteiger partial charge in [-0.3, -0.25) is 4.79 Å². The predicted molar refractivity (Wildman–Crippen MR) is 72.6 cm³/mol. The third-order valence-electron chi connectivity index (χ3n) is 4.46. The summed E-state index contributed by atoms with van der Waals surface area (Å²) >= 11 is 0.